The maximum absolute atomic E-state index is 11.6. The fraction of sp³-hybridized carbons (Fsp3) is 0. The molecule has 0 heterocycles. The Morgan fingerprint density at radius 2 is 1.61 bits per heavy atom. The first-order chi connectivity index (χ1) is 17.2. The predicted octanol–water partition coefficient (Wildman–Crippen LogP) is 5.80. The van der Waals surface area contributed by atoms with Crippen LogP contribution >= 0.6 is 24.1 Å². The Morgan fingerprint density at radius 3 is 2.33 bits per heavy atom. The van der Waals surface area contributed by atoms with Crippen molar-refractivity contribution in [3.05, 3.63) is 54.6 Å². The topological polar surface area (TPSA) is 203 Å². The summed E-state index contributed by atoms with van der Waals surface area (Å²) in [5.41, 5.74) is 5.88. The van der Waals surface area contributed by atoms with Crippen LogP contribution in [0.15, 0.2) is 79.5 Å². The molecule has 0 unspecified atom stereocenters. The molecule has 0 amide bonds. The van der Waals surface area contributed by atoms with Gasteiger partial charge in [-0.2, -0.15) is 8.42 Å². The molecule has 16 heteroatoms. The first-order valence-corrected chi connectivity index (χ1v) is 12.5. The van der Waals surface area contributed by atoms with Crippen molar-refractivity contribution < 1.29 is 47.3 Å². The van der Waals surface area contributed by atoms with Gasteiger partial charge in [0.15, 0.2) is 5.75 Å². The van der Waals surface area contributed by atoms with E-state index in [1.165, 1.54) is 6.07 Å². The molecule has 0 aliphatic carbocycles. The zero-order chi connectivity index (χ0) is 25.9. The van der Waals surface area contributed by atoms with Crippen molar-refractivity contribution >= 4 is 72.8 Å². The van der Waals surface area contributed by atoms with Crippen LogP contribution in [0, 0.1) is 0 Å². The summed E-state index contributed by atoms with van der Waals surface area (Å²) in [7, 11) is -4.59. The van der Waals surface area contributed by atoms with Crippen LogP contribution in [0.2, 0.25) is 0 Å². The minimum absolute atomic E-state index is 0.0238. The van der Waals surface area contributed by atoms with Gasteiger partial charge in [0.1, 0.15) is 11.4 Å². The Hall–Kier alpha value is -3.03. The molecule has 0 spiro atoms. The van der Waals surface area contributed by atoms with Gasteiger partial charge in [0.05, 0.1) is 38.8 Å². The van der Waals surface area contributed by atoms with Gasteiger partial charge >= 0.3 is 0 Å². The highest BCUT2D eigenvalue weighted by atomic mass is 32.2. The van der Waals surface area contributed by atoms with Gasteiger partial charge in [0.25, 0.3) is 10.1 Å². The Bertz CT molecular complexity index is 1580. The van der Waals surface area contributed by atoms with Crippen molar-refractivity contribution in [1.29, 1.82) is 0 Å². The lowest BCUT2D eigenvalue weighted by Gasteiger charge is -2.12. The molecule has 6 N–H and O–H groups in total. The summed E-state index contributed by atoms with van der Waals surface area (Å²) in [6, 6.07) is 14.0. The largest absolute Gasteiger partial charge is 0.505 e. The Morgan fingerprint density at radius 1 is 0.889 bits per heavy atom. The lowest BCUT2D eigenvalue weighted by Crippen LogP contribution is -2.00. The van der Waals surface area contributed by atoms with Crippen molar-refractivity contribution in [2.75, 3.05) is 5.73 Å². The highest BCUT2D eigenvalue weighted by Gasteiger charge is 2.20. The Balaban J connectivity index is 1.89. The van der Waals surface area contributed by atoms with E-state index >= 15 is 0 Å². The molecule has 36 heavy (non-hydrogen) atoms. The monoisotopic (exact) mass is 553 g/mol. The molecule has 0 radical (unpaired) electrons. The SMILES string of the molecule is Nc1cc(S(=O)(=O)O)cc2cc(SOOO)c(N=Nc3ccc4ccccc4c3SOOO)c(O)c12. The van der Waals surface area contributed by atoms with Crippen LogP contribution in [0.3, 0.4) is 0 Å². The van der Waals surface area contributed by atoms with Gasteiger partial charge in [-0.15, -0.1) is 18.9 Å². The van der Waals surface area contributed by atoms with Crippen LogP contribution in [0.4, 0.5) is 17.1 Å². The second-order valence-corrected chi connectivity index (χ2v) is 9.82. The molecule has 0 aliphatic heterocycles. The average molecular weight is 554 g/mol. The predicted molar refractivity (Wildman–Crippen MR) is 129 cm³/mol. The van der Waals surface area contributed by atoms with Crippen LogP contribution in [0.5, 0.6) is 5.75 Å². The first-order valence-electron chi connectivity index (χ1n) is 9.54. The van der Waals surface area contributed by atoms with Crippen molar-refractivity contribution in [3.8, 4) is 5.75 Å². The van der Waals surface area contributed by atoms with E-state index in [1.807, 2.05) is 12.1 Å². The number of phenols is 1. The molecule has 0 aliphatic rings. The average Bonchev–Trinajstić information content (AvgIpc) is 2.85. The summed E-state index contributed by atoms with van der Waals surface area (Å²) in [6.45, 7) is 0. The van der Waals surface area contributed by atoms with Crippen molar-refractivity contribution in [2.45, 2.75) is 14.7 Å². The number of aromatic hydroxyl groups is 1. The zero-order valence-corrected chi connectivity index (χ0v) is 20.1. The quantitative estimate of drug-likeness (QED) is 0.0416. The number of hydrogen-bond donors (Lipinski definition) is 5. The molecule has 0 aromatic heterocycles. The molecule has 0 fully saturated rings. The number of nitrogen functional groups attached to an aromatic ring is 1. The maximum Gasteiger partial charge on any atom is 0.294 e. The van der Waals surface area contributed by atoms with Gasteiger partial charge in [0, 0.05) is 11.1 Å². The summed E-state index contributed by atoms with van der Waals surface area (Å²) in [5.74, 6) is -0.496. The van der Waals surface area contributed by atoms with Gasteiger partial charge in [-0.05, 0) is 40.4 Å². The van der Waals surface area contributed by atoms with Crippen LogP contribution in [0.1, 0.15) is 0 Å². The normalized spacial score (nSPS) is 12.2. The number of anilines is 1. The van der Waals surface area contributed by atoms with Crippen molar-refractivity contribution in [2.24, 2.45) is 10.2 Å². The van der Waals surface area contributed by atoms with E-state index in [0.29, 0.717) is 34.4 Å². The second kappa shape index (κ2) is 10.9. The number of nitrogens with two attached hydrogens (primary N) is 1. The summed E-state index contributed by atoms with van der Waals surface area (Å²) >= 11 is 1.10. The van der Waals surface area contributed by atoms with E-state index in [-0.39, 0.29) is 32.7 Å². The van der Waals surface area contributed by atoms with Gasteiger partial charge in [-0.3, -0.25) is 4.55 Å². The molecular formula is C20H15N3O10S3. The van der Waals surface area contributed by atoms with Crippen LogP contribution < -0.4 is 5.73 Å². The van der Waals surface area contributed by atoms with E-state index < -0.39 is 20.8 Å². The van der Waals surface area contributed by atoms with E-state index in [0.717, 1.165) is 17.5 Å². The maximum atomic E-state index is 11.6. The summed E-state index contributed by atoms with van der Waals surface area (Å²) in [6.07, 6.45) is 0. The standard InChI is InChI=1S/C20H15N3O10S3/c21-14-9-12(36(27,28)29)7-11-8-16(34-32-30-25)18(19(24)17(11)14)23-22-15-6-5-10-3-1-2-4-13(10)20(15)35-33-31-26/h1-9,24-26H,21H2,(H,27,28,29). The fourth-order valence-corrected chi connectivity index (χ4v) is 5.02. The number of rotatable bonds is 9. The molecule has 188 valence electrons. The molecule has 4 rings (SSSR count). The van der Waals surface area contributed by atoms with Gasteiger partial charge in [-0.1, -0.05) is 40.4 Å². The van der Waals surface area contributed by atoms with Crippen LogP contribution in [-0.4, -0.2) is 28.6 Å². The van der Waals surface area contributed by atoms with Crippen molar-refractivity contribution in [1.82, 2.24) is 0 Å². The molecule has 0 atom stereocenters. The third-order valence-corrected chi connectivity index (χ3v) is 7.05. The molecule has 4 aromatic carbocycles. The fourth-order valence-electron chi connectivity index (χ4n) is 3.40. The number of azo groups is 1. The highest BCUT2D eigenvalue weighted by molar-refractivity contribution is 7.95. The molecule has 0 saturated heterocycles. The summed E-state index contributed by atoms with van der Waals surface area (Å²) in [4.78, 5) is -0.0391. The summed E-state index contributed by atoms with van der Waals surface area (Å²) < 4.78 is 41.6. The first kappa shape index (κ1) is 26.0. The van der Waals surface area contributed by atoms with E-state index in [4.69, 9.17) is 16.2 Å². The van der Waals surface area contributed by atoms with Gasteiger partial charge < -0.3 is 10.8 Å². The Kier molecular flexibility index (Phi) is 7.91. The molecule has 0 saturated carbocycles. The van der Waals surface area contributed by atoms with E-state index in [2.05, 4.69) is 29.0 Å². The number of phenolic OH excluding ortho intramolecular Hbond substituents is 1. The highest BCUT2D eigenvalue weighted by Crippen LogP contribution is 2.47. The van der Waals surface area contributed by atoms with Crippen LogP contribution in [0.25, 0.3) is 21.5 Å². The number of hydrogen-bond acceptors (Lipinski definition) is 14. The van der Waals surface area contributed by atoms with Crippen LogP contribution in [-0.2, 0) is 28.9 Å². The minimum Gasteiger partial charge on any atom is -0.505 e. The number of fused-ring (bicyclic) bond motifs is 2. The van der Waals surface area contributed by atoms with E-state index in [1.54, 1.807) is 24.3 Å². The number of nitrogens with zero attached hydrogens (tertiary/aromatic N) is 2. The van der Waals surface area contributed by atoms with Gasteiger partial charge in [-0.25, -0.2) is 10.5 Å². The second-order valence-electron chi connectivity index (χ2n) is 6.94. The third kappa shape index (κ3) is 5.37. The van der Waals surface area contributed by atoms with Gasteiger partial charge in [0.2, 0.25) is 0 Å². The lowest BCUT2D eigenvalue weighted by molar-refractivity contribution is -0.432. The third-order valence-electron chi connectivity index (χ3n) is 4.87. The summed E-state index contributed by atoms with van der Waals surface area (Å²) in [5, 5.41) is 45.4. The van der Waals surface area contributed by atoms with E-state index in [9.17, 15) is 18.1 Å². The molecule has 4 aromatic rings. The van der Waals surface area contributed by atoms with Crippen molar-refractivity contribution in [3.63, 3.8) is 0 Å². The lowest BCUT2D eigenvalue weighted by atomic mass is 10.1. The smallest absolute Gasteiger partial charge is 0.294 e. The minimum atomic E-state index is -4.59. The zero-order valence-electron chi connectivity index (χ0n) is 17.6. The number of benzene rings is 4. The Labute approximate surface area is 210 Å². The molecular weight excluding hydrogens is 538 g/mol. The molecule has 0 bridgehead atoms. The molecule has 13 nitrogen and oxygen atoms in total.